The van der Waals surface area contributed by atoms with Crippen molar-refractivity contribution in [2.24, 2.45) is 5.73 Å². The lowest BCUT2D eigenvalue weighted by molar-refractivity contribution is 0.0859. The summed E-state index contributed by atoms with van der Waals surface area (Å²) in [7, 11) is 1.63. The van der Waals surface area contributed by atoms with Gasteiger partial charge in [-0.15, -0.1) is 0 Å². The van der Waals surface area contributed by atoms with E-state index in [1.807, 2.05) is 10.9 Å². The minimum absolute atomic E-state index is 0.111. The van der Waals surface area contributed by atoms with Crippen LogP contribution in [0.4, 0.5) is 0 Å². The minimum Gasteiger partial charge on any atom is -0.483 e. The zero-order valence-electron chi connectivity index (χ0n) is 9.51. The van der Waals surface area contributed by atoms with Gasteiger partial charge in [0.25, 0.3) is 0 Å². The largest absolute Gasteiger partial charge is 0.483 e. The van der Waals surface area contributed by atoms with E-state index in [1.54, 1.807) is 13.3 Å². The molecule has 0 spiro atoms. The van der Waals surface area contributed by atoms with Crippen molar-refractivity contribution in [3.8, 4) is 5.75 Å². The normalized spacial score (nSPS) is 13.1. The average Bonchev–Trinajstić information content (AvgIpc) is 2.65. The van der Waals surface area contributed by atoms with Crippen molar-refractivity contribution < 1.29 is 9.47 Å². The molecule has 86 valence electrons. The number of methoxy groups -OCH3 is 1. The van der Waals surface area contributed by atoms with E-state index in [0.717, 1.165) is 5.75 Å². The first-order valence-electron chi connectivity index (χ1n) is 5.07. The van der Waals surface area contributed by atoms with Gasteiger partial charge < -0.3 is 15.2 Å². The number of nitrogens with two attached hydrogens (primary N) is 1. The Morgan fingerprint density at radius 3 is 2.73 bits per heavy atom. The fraction of sp³-hybridized carbons (Fsp3) is 0.700. The van der Waals surface area contributed by atoms with Gasteiger partial charge in [0.15, 0.2) is 5.75 Å². The van der Waals surface area contributed by atoms with Crippen LogP contribution in [0.1, 0.15) is 19.9 Å². The van der Waals surface area contributed by atoms with E-state index in [2.05, 4.69) is 18.9 Å². The summed E-state index contributed by atoms with van der Waals surface area (Å²) >= 11 is 0. The Morgan fingerprint density at radius 1 is 1.53 bits per heavy atom. The molecule has 0 radical (unpaired) electrons. The molecule has 0 aromatic carbocycles. The molecule has 0 aliphatic rings. The highest BCUT2D eigenvalue weighted by Crippen LogP contribution is 2.13. The molecule has 0 aliphatic heterocycles. The second kappa shape index (κ2) is 5.72. The van der Waals surface area contributed by atoms with Crippen LogP contribution in [0.5, 0.6) is 5.75 Å². The molecule has 2 N–H and O–H groups in total. The summed E-state index contributed by atoms with van der Waals surface area (Å²) in [5, 5.41) is 4.17. The first kappa shape index (κ1) is 12.0. The van der Waals surface area contributed by atoms with E-state index in [-0.39, 0.29) is 6.10 Å². The predicted molar refractivity (Wildman–Crippen MR) is 58.0 cm³/mol. The summed E-state index contributed by atoms with van der Waals surface area (Å²) in [6.45, 7) is 5.04. The van der Waals surface area contributed by atoms with Crippen molar-refractivity contribution in [2.75, 3.05) is 20.3 Å². The smallest absolute Gasteiger partial charge is 0.157 e. The van der Waals surface area contributed by atoms with Gasteiger partial charge >= 0.3 is 0 Å². The van der Waals surface area contributed by atoms with Crippen LogP contribution in [0.2, 0.25) is 0 Å². The molecule has 0 bridgehead atoms. The number of hydrogen-bond acceptors (Lipinski definition) is 4. The van der Waals surface area contributed by atoms with Gasteiger partial charge in [-0.1, -0.05) is 0 Å². The van der Waals surface area contributed by atoms with Crippen molar-refractivity contribution in [1.82, 2.24) is 9.78 Å². The molecule has 1 rings (SSSR count). The first-order chi connectivity index (χ1) is 7.17. The van der Waals surface area contributed by atoms with Crippen LogP contribution in [0.15, 0.2) is 12.4 Å². The Morgan fingerprint density at radius 2 is 2.27 bits per heavy atom. The van der Waals surface area contributed by atoms with E-state index < -0.39 is 0 Å². The second-order valence-corrected chi connectivity index (χ2v) is 3.68. The molecular weight excluding hydrogens is 194 g/mol. The van der Waals surface area contributed by atoms with Crippen LogP contribution >= 0.6 is 0 Å². The van der Waals surface area contributed by atoms with Crippen LogP contribution in [0, 0.1) is 0 Å². The number of hydrogen-bond donors (Lipinski definition) is 1. The topological polar surface area (TPSA) is 62.3 Å². The van der Waals surface area contributed by atoms with E-state index in [1.165, 1.54) is 0 Å². The summed E-state index contributed by atoms with van der Waals surface area (Å²) in [5.74, 6) is 0.733. The Hall–Kier alpha value is -1.07. The van der Waals surface area contributed by atoms with Gasteiger partial charge in [-0.05, 0) is 13.8 Å². The lowest BCUT2D eigenvalue weighted by Crippen LogP contribution is -2.30. The molecule has 0 amide bonds. The third-order valence-corrected chi connectivity index (χ3v) is 2.03. The molecule has 1 atom stereocenters. The molecule has 0 saturated heterocycles. The van der Waals surface area contributed by atoms with E-state index in [4.69, 9.17) is 15.2 Å². The van der Waals surface area contributed by atoms with Gasteiger partial charge in [0.1, 0.15) is 6.10 Å². The number of ether oxygens (including phenoxy) is 2. The molecule has 0 fully saturated rings. The maximum atomic E-state index is 5.60. The molecule has 15 heavy (non-hydrogen) atoms. The summed E-state index contributed by atoms with van der Waals surface area (Å²) in [4.78, 5) is 0. The highest BCUT2D eigenvalue weighted by Gasteiger charge is 2.10. The predicted octanol–water partition coefficient (Wildman–Crippen LogP) is 0.816. The number of nitrogens with zero attached hydrogens (tertiary/aromatic N) is 2. The van der Waals surface area contributed by atoms with Crippen molar-refractivity contribution in [3.05, 3.63) is 12.4 Å². The van der Waals surface area contributed by atoms with Crippen molar-refractivity contribution >= 4 is 0 Å². The van der Waals surface area contributed by atoms with Crippen molar-refractivity contribution in [3.63, 3.8) is 0 Å². The van der Waals surface area contributed by atoms with E-state index in [9.17, 15) is 0 Å². The van der Waals surface area contributed by atoms with Crippen LogP contribution in [-0.4, -0.2) is 36.1 Å². The molecule has 0 saturated carbocycles. The zero-order chi connectivity index (χ0) is 11.3. The summed E-state index contributed by atoms with van der Waals surface area (Å²) in [5.41, 5.74) is 5.54. The molecule has 1 unspecified atom stereocenters. The third kappa shape index (κ3) is 3.53. The van der Waals surface area contributed by atoms with Gasteiger partial charge in [-0.2, -0.15) is 5.10 Å². The van der Waals surface area contributed by atoms with Gasteiger partial charge in [0.05, 0.1) is 19.0 Å². The molecule has 5 nitrogen and oxygen atoms in total. The van der Waals surface area contributed by atoms with Crippen LogP contribution < -0.4 is 10.5 Å². The van der Waals surface area contributed by atoms with E-state index >= 15 is 0 Å². The highest BCUT2D eigenvalue weighted by molar-refractivity contribution is 5.12. The average molecular weight is 213 g/mol. The number of rotatable bonds is 6. The van der Waals surface area contributed by atoms with Crippen LogP contribution in [0.25, 0.3) is 0 Å². The first-order valence-corrected chi connectivity index (χ1v) is 5.07. The minimum atomic E-state index is -0.111. The Balaban J connectivity index is 2.55. The van der Waals surface area contributed by atoms with Crippen LogP contribution in [-0.2, 0) is 4.74 Å². The molecule has 1 heterocycles. The summed E-state index contributed by atoms with van der Waals surface area (Å²) in [6.07, 6.45) is 3.45. The third-order valence-electron chi connectivity index (χ3n) is 2.03. The lowest BCUT2D eigenvalue weighted by Gasteiger charge is -2.14. The standard InChI is InChI=1S/C10H19N3O2/c1-8(2)13-6-10(5-12-13)15-9(4-11)7-14-3/h5-6,8-9H,4,7,11H2,1-3H3. The van der Waals surface area contributed by atoms with Crippen LogP contribution in [0.3, 0.4) is 0 Å². The quantitative estimate of drug-likeness (QED) is 0.759. The molecule has 1 aromatic heterocycles. The van der Waals surface area contributed by atoms with Gasteiger partial charge in [-0.25, -0.2) is 0 Å². The monoisotopic (exact) mass is 213 g/mol. The molecule has 0 aliphatic carbocycles. The maximum absolute atomic E-state index is 5.60. The molecular formula is C10H19N3O2. The SMILES string of the molecule is COCC(CN)Oc1cnn(C(C)C)c1. The lowest BCUT2D eigenvalue weighted by atomic mass is 10.4. The Bertz CT molecular complexity index is 286. The van der Waals surface area contributed by atoms with Gasteiger partial charge in [-0.3, -0.25) is 4.68 Å². The fourth-order valence-corrected chi connectivity index (χ4v) is 1.19. The zero-order valence-corrected chi connectivity index (χ0v) is 9.51. The van der Waals surface area contributed by atoms with E-state index in [0.29, 0.717) is 19.2 Å². The maximum Gasteiger partial charge on any atom is 0.157 e. The molecule has 5 heteroatoms. The van der Waals surface area contributed by atoms with Crippen molar-refractivity contribution in [2.45, 2.75) is 26.0 Å². The van der Waals surface area contributed by atoms with Crippen molar-refractivity contribution in [1.29, 1.82) is 0 Å². The summed E-state index contributed by atoms with van der Waals surface area (Å²) in [6, 6.07) is 0.334. The van der Waals surface area contributed by atoms with Gasteiger partial charge in [0, 0.05) is 19.7 Å². The van der Waals surface area contributed by atoms with Gasteiger partial charge in [0.2, 0.25) is 0 Å². The summed E-state index contributed by atoms with van der Waals surface area (Å²) < 4.78 is 12.4. The fourth-order valence-electron chi connectivity index (χ4n) is 1.19. The number of aromatic nitrogens is 2. The highest BCUT2D eigenvalue weighted by atomic mass is 16.5. The second-order valence-electron chi connectivity index (χ2n) is 3.68. The Labute approximate surface area is 90.2 Å². The Kier molecular flexibility index (Phi) is 4.58. The molecule has 1 aromatic rings.